The van der Waals surface area contributed by atoms with E-state index < -0.39 is 0 Å². The summed E-state index contributed by atoms with van der Waals surface area (Å²) in [6, 6.07) is 0.865. The van der Waals surface area contributed by atoms with Crippen LogP contribution >= 0.6 is 0 Å². The van der Waals surface area contributed by atoms with Gasteiger partial charge in [-0.15, -0.1) is 0 Å². The highest BCUT2D eigenvalue weighted by molar-refractivity contribution is 5.84. The topological polar surface area (TPSA) is 35.8 Å². The Kier molecular flexibility index (Phi) is 3.37. The molecule has 2 saturated carbocycles. The molecule has 3 fully saturated rings. The molecule has 3 nitrogen and oxygen atoms in total. The fourth-order valence-corrected chi connectivity index (χ4v) is 4.13. The van der Waals surface area contributed by atoms with Crippen molar-refractivity contribution < 1.29 is 5.21 Å². The van der Waals surface area contributed by atoms with Crippen molar-refractivity contribution in [3.8, 4) is 0 Å². The molecule has 0 unspecified atom stereocenters. The van der Waals surface area contributed by atoms with Gasteiger partial charge in [-0.05, 0) is 43.9 Å². The smallest absolute Gasteiger partial charge is 0.0574 e. The molecule has 1 heterocycles. The molecule has 0 aromatic rings. The Hall–Kier alpha value is -0.570. The van der Waals surface area contributed by atoms with Crippen LogP contribution in [0.3, 0.4) is 0 Å². The van der Waals surface area contributed by atoms with E-state index in [-0.39, 0.29) is 0 Å². The molecule has 2 aliphatic carbocycles. The van der Waals surface area contributed by atoms with Gasteiger partial charge < -0.3 is 5.21 Å². The van der Waals surface area contributed by atoms with Crippen LogP contribution in [0, 0.1) is 11.8 Å². The normalized spacial score (nSPS) is 38.5. The first-order valence-electron chi connectivity index (χ1n) is 7.30. The SMILES string of the molecule is ON=C1CC[C@H]2CN(C3CCCCC3)C[C@@H]2C1. The predicted molar refractivity (Wildman–Crippen MR) is 68.5 cm³/mol. The summed E-state index contributed by atoms with van der Waals surface area (Å²) < 4.78 is 0. The van der Waals surface area contributed by atoms with Crippen molar-refractivity contribution in [1.82, 2.24) is 4.90 Å². The van der Waals surface area contributed by atoms with Crippen LogP contribution in [0.15, 0.2) is 5.16 Å². The van der Waals surface area contributed by atoms with Crippen molar-refractivity contribution >= 4 is 5.71 Å². The van der Waals surface area contributed by atoms with Crippen molar-refractivity contribution in [3.05, 3.63) is 0 Å². The van der Waals surface area contributed by atoms with Gasteiger partial charge in [0.05, 0.1) is 5.71 Å². The first-order valence-corrected chi connectivity index (χ1v) is 7.30. The number of nitrogens with zero attached hydrogens (tertiary/aromatic N) is 2. The fraction of sp³-hybridized carbons (Fsp3) is 0.929. The lowest BCUT2D eigenvalue weighted by Crippen LogP contribution is -2.35. The van der Waals surface area contributed by atoms with E-state index in [0.29, 0.717) is 0 Å². The number of oxime groups is 1. The Morgan fingerprint density at radius 2 is 1.76 bits per heavy atom. The molecule has 0 amide bonds. The zero-order valence-corrected chi connectivity index (χ0v) is 10.6. The quantitative estimate of drug-likeness (QED) is 0.561. The van der Waals surface area contributed by atoms with Gasteiger partial charge in [-0.2, -0.15) is 0 Å². The molecule has 1 N–H and O–H groups in total. The molecule has 0 spiro atoms. The van der Waals surface area contributed by atoms with Gasteiger partial charge >= 0.3 is 0 Å². The second-order valence-corrected chi connectivity index (χ2v) is 6.17. The molecule has 2 atom stereocenters. The molecule has 17 heavy (non-hydrogen) atoms. The highest BCUT2D eigenvalue weighted by atomic mass is 16.4. The van der Waals surface area contributed by atoms with Crippen molar-refractivity contribution in [2.24, 2.45) is 17.0 Å². The molecule has 0 aromatic heterocycles. The monoisotopic (exact) mass is 236 g/mol. The average Bonchev–Trinajstić information content (AvgIpc) is 2.82. The van der Waals surface area contributed by atoms with E-state index in [9.17, 15) is 0 Å². The van der Waals surface area contributed by atoms with Crippen LogP contribution in [0.4, 0.5) is 0 Å². The summed E-state index contributed by atoms with van der Waals surface area (Å²) in [5.41, 5.74) is 1.04. The fourth-order valence-electron chi connectivity index (χ4n) is 4.13. The summed E-state index contributed by atoms with van der Waals surface area (Å²) in [5.74, 6) is 1.65. The molecule has 1 aliphatic heterocycles. The number of rotatable bonds is 1. The first-order chi connectivity index (χ1) is 8.36. The van der Waals surface area contributed by atoms with Gasteiger partial charge in [0.25, 0.3) is 0 Å². The molecule has 3 aliphatic rings. The minimum Gasteiger partial charge on any atom is -0.411 e. The molecular formula is C14H24N2O. The van der Waals surface area contributed by atoms with Gasteiger partial charge in [0.1, 0.15) is 0 Å². The lowest BCUT2D eigenvalue weighted by atomic mass is 9.81. The highest BCUT2D eigenvalue weighted by Gasteiger charge is 2.39. The van der Waals surface area contributed by atoms with E-state index in [0.717, 1.165) is 36.4 Å². The maximum Gasteiger partial charge on any atom is 0.0574 e. The highest BCUT2D eigenvalue weighted by Crippen LogP contribution is 2.37. The molecular weight excluding hydrogens is 212 g/mol. The molecule has 96 valence electrons. The van der Waals surface area contributed by atoms with Crippen molar-refractivity contribution in [3.63, 3.8) is 0 Å². The maximum atomic E-state index is 8.90. The van der Waals surface area contributed by atoms with E-state index in [1.165, 1.54) is 51.6 Å². The van der Waals surface area contributed by atoms with Crippen LogP contribution in [-0.4, -0.2) is 35.0 Å². The third-order valence-corrected chi connectivity index (χ3v) is 5.14. The van der Waals surface area contributed by atoms with Crippen molar-refractivity contribution in [1.29, 1.82) is 0 Å². The van der Waals surface area contributed by atoms with Gasteiger partial charge in [-0.3, -0.25) is 4.90 Å². The number of likely N-dealkylation sites (tertiary alicyclic amines) is 1. The summed E-state index contributed by atoms with van der Waals surface area (Å²) in [4.78, 5) is 2.74. The molecule has 3 rings (SSSR count). The lowest BCUT2D eigenvalue weighted by Gasteiger charge is -2.31. The van der Waals surface area contributed by atoms with Crippen LogP contribution in [-0.2, 0) is 0 Å². The second kappa shape index (κ2) is 4.97. The minimum atomic E-state index is 0.775. The van der Waals surface area contributed by atoms with Crippen LogP contribution in [0.1, 0.15) is 51.4 Å². The van der Waals surface area contributed by atoms with Crippen LogP contribution in [0.2, 0.25) is 0 Å². The van der Waals surface area contributed by atoms with E-state index >= 15 is 0 Å². The standard InChI is InChI=1S/C14H24N2O/c17-15-13-7-6-11-9-16(10-12(11)8-13)14-4-2-1-3-5-14/h11-12,14,17H,1-10H2/t11-,12-/m0/s1. The van der Waals surface area contributed by atoms with Crippen LogP contribution in [0.5, 0.6) is 0 Å². The molecule has 1 saturated heterocycles. The Labute approximate surface area is 104 Å². The summed E-state index contributed by atoms with van der Waals surface area (Å²) in [7, 11) is 0. The largest absolute Gasteiger partial charge is 0.411 e. The average molecular weight is 236 g/mol. The summed E-state index contributed by atoms with van der Waals surface area (Å²) in [5, 5.41) is 12.3. The van der Waals surface area contributed by atoms with E-state index in [4.69, 9.17) is 5.21 Å². The zero-order chi connectivity index (χ0) is 11.7. The van der Waals surface area contributed by atoms with Crippen LogP contribution in [0.25, 0.3) is 0 Å². The molecule has 0 bridgehead atoms. The zero-order valence-electron chi connectivity index (χ0n) is 10.6. The van der Waals surface area contributed by atoms with Gasteiger partial charge in [0.2, 0.25) is 0 Å². The Morgan fingerprint density at radius 3 is 2.53 bits per heavy atom. The Morgan fingerprint density at radius 1 is 1.00 bits per heavy atom. The summed E-state index contributed by atoms with van der Waals surface area (Å²) in [6.45, 7) is 2.57. The van der Waals surface area contributed by atoms with Crippen LogP contribution < -0.4 is 0 Å². The van der Waals surface area contributed by atoms with E-state index in [1.54, 1.807) is 0 Å². The second-order valence-electron chi connectivity index (χ2n) is 6.17. The van der Waals surface area contributed by atoms with E-state index in [2.05, 4.69) is 10.1 Å². The van der Waals surface area contributed by atoms with Gasteiger partial charge in [0.15, 0.2) is 0 Å². The number of hydrogen-bond acceptors (Lipinski definition) is 3. The molecule has 3 heteroatoms. The van der Waals surface area contributed by atoms with Gasteiger partial charge in [-0.1, -0.05) is 24.4 Å². The first kappa shape index (κ1) is 11.5. The minimum absolute atomic E-state index is 0.775. The molecule has 0 radical (unpaired) electrons. The predicted octanol–water partition coefficient (Wildman–Crippen LogP) is 2.88. The van der Waals surface area contributed by atoms with Crippen molar-refractivity contribution in [2.75, 3.05) is 13.1 Å². The summed E-state index contributed by atoms with van der Waals surface area (Å²) >= 11 is 0. The number of hydrogen-bond donors (Lipinski definition) is 1. The van der Waals surface area contributed by atoms with E-state index in [1.807, 2.05) is 0 Å². The Balaban J connectivity index is 1.60. The van der Waals surface area contributed by atoms with Crippen molar-refractivity contribution in [2.45, 2.75) is 57.4 Å². The van der Waals surface area contributed by atoms with Gasteiger partial charge in [0, 0.05) is 19.1 Å². The van der Waals surface area contributed by atoms with Gasteiger partial charge in [-0.25, -0.2) is 0 Å². The maximum absolute atomic E-state index is 8.90. The number of fused-ring (bicyclic) bond motifs is 1. The molecule has 0 aromatic carbocycles. The third-order valence-electron chi connectivity index (χ3n) is 5.14. The Bertz CT molecular complexity index is 297. The summed E-state index contributed by atoms with van der Waals surface area (Å²) in [6.07, 6.45) is 10.5. The third kappa shape index (κ3) is 2.35. The lowest BCUT2D eigenvalue weighted by molar-refractivity contribution is 0.182.